The van der Waals surface area contributed by atoms with Gasteiger partial charge in [-0.15, -0.1) is 0 Å². The van der Waals surface area contributed by atoms with E-state index < -0.39 is 0 Å². The molecular weight excluding hydrogens is 246 g/mol. The van der Waals surface area contributed by atoms with Gasteiger partial charge in [-0.05, 0) is 37.6 Å². The number of likely N-dealkylation sites (N-methyl/N-ethyl adjacent to an activating group) is 1. The van der Waals surface area contributed by atoms with Crippen LogP contribution in [0.2, 0.25) is 0 Å². The predicted octanol–water partition coefficient (Wildman–Crippen LogP) is 3.02. The first-order valence-corrected chi connectivity index (χ1v) is 7.82. The molecule has 1 unspecified atom stereocenters. The zero-order valence-electron chi connectivity index (χ0n) is 13.2. The van der Waals surface area contributed by atoms with E-state index in [-0.39, 0.29) is 0 Å². The quantitative estimate of drug-likeness (QED) is 0.896. The fraction of sp³-hybridized carbons (Fsp3) is 0.647. The van der Waals surface area contributed by atoms with Gasteiger partial charge >= 0.3 is 0 Å². The summed E-state index contributed by atoms with van der Waals surface area (Å²) in [5.41, 5.74) is 8.64. The molecule has 0 saturated heterocycles. The smallest absolute Gasteiger partial charge is 0.0470 e. The molecule has 0 radical (unpaired) electrons. The fourth-order valence-electron chi connectivity index (χ4n) is 3.27. The lowest BCUT2D eigenvalue weighted by molar-refractivity contribution is 0.141. The van der Waals surface area contributed by atoms with E-state index in [0.717, 1.165) is 0 Å². The van der Waals surface area contributed by atoms with Crippen LogP contribution in [0.3, 0.4) is 0 Å². The largest absolute Gasteiger partial charge is 0.378 e. The van der Waals surface area contributed by atoms with E-state index in [4.69, 9.17) is 5.73 Å². The molecule has 1 aliphatic rings. The normalized spacial score (nSPS) is 18.2. The molecule has 0 aliphatic heterocycles. The summed E-state index contributed by atoms with van der Waals surface area (Å²) in [7, 11) is 6.39. The summed E-state index contributed by atoms with van der Waals surface area (Å²) < 4.78 is 0. The van der Waals surface area contributed by atoms with Gasteiger partial charge in [-0.25, -0.2) is 0 Å². The van der Waals surface area contributed by atoms with Gasteiger partial charge < -0.3 is 10.6 Å². The van der Waals surface area contributed by atoms with Crippen molar-refractivity contribution in [1.82, 2.24) is 4.90 Å². The highest BCUT2D eigenvalue weighted by Gasteiger charge is 2.24. The van der Waals surface area contributed by atoms with Crippen LogP contribution in [0, 0.1) is 0 Å². The Kier molecular flexibility index (Phi) is 5.44. The second-order valence-corrected chi connectivity index (χ2v) is 6.19. The number of rotatable bonds is 5. The van der Waals surface area contributed by atoms with Gasteiger partial charge in [-0.1, -0.05) is 31.4 Å². The van der Waals surface area contributed by atoms with Gasteiger partial charge in [0.05, 0.1) is 0 Å². The summed E-state index contributed by atoms with van der Waals surface area (Å²) in [6.45, 7) is 0.689. The molecular formula is C17H29N3. The highest BCUT2D eigenvalue weighted by Crippen LogP contribution is 2.29. The maximum absolute atomic E-state index is 6.06. The Labute approximate surface area is 123 Å². The first-order valence-electron chi connectivity index (χ1n) is 7.82. The summed E-state index contributed by atoms with van der Waals surface area (Å²) in [5, 5.41) is 0. The third-order valence-electron chi connectivity index (χ3n) is 4.66. The number of nitrogens with zero attached hydrogens (tertiary/aromatic N) is 2. The Bertz CT molecular complexity index is 393. The van der Waals surface area contributed by atoms with Crippen molar-refractivity contribution in [1.29, 1.82) is 0 Å². The maximum Gasteiger partial charge on any atom is 0.0470 e. The number of anilines is 1. The van der Waals surface area contributed by atoms with Crippen molar-refractivity contribution >= 4 is 5.69 Å². The predicted molar refractivity (Wildman–Crippen MR) is 87.2 cm³/mol. The van der Waals surface area contributed by atoms with Crippen LogP contribution >= 0.6 is 0 Å². The van der Waals surface area contributed by atoms with E-state index in [2.05, 4.69) is 55.2 Å². The fourth-order valence-corrected chi connectivity index (χ4v) is 3.27. The van der Waals surface area contributed by atoms with Crippen molar-refractivity contribution in [2.45, 2.75) is 44.2 Å². The Morgan fingerprint density at radius 1 is 1.05 bits per heavy atom. The van der Waals surface area contributed by atoms with Crippen LogP contribution in [0.15, 0.2) is 24.3 Å². The minimum atomic E-state index is 0.342. The van der Waals surface area contributed by atoms with Gasteiger partial charge in [0.15, 0.2) is 0 Å². The van der Waals surface area contributed by atoms with Crippen molar-refractivity contribution in [2.75, 3.05) is 32.6 Å². The summed E-state index contributed by atoms with van der Waals surface area (Å²) in [6, 6.07) is 9.87. The van der Waals surface area contributed by atoms with Gasteiger partial charge in [-0.2, -0.15) is 0 Å². The lowest BCUT2D eigenvalue weighted by Crippen LogP contribution is -2.39. The van der Waals surface area contributed by atoms with Crippen LogP contribution in [0.25, 0.3) is 0 Å². The minimum Gasteiger partial charge on any atom is -0.378 e. The van der Waals surface area contributed by atoms with Crippen LogP contribution in [-0.4, -0.2) is 38.6 Å². The second kappa shape index (κ2) is 7.09. The third kappa shape index (κ3) is 3.53. The molecule has 0 spiro atoms. The SMILES string of the molecule is CN(C)c1ccc(C(CN)N(C)C2CCCCC2)cc1. The van der Waals surface area contributed by atoms with Crippen molar-refractivity contribution in [3.05, 3.63) is 29.8 Å². The molecule has 1 fully saturated rings. The molecule has 1 atom stereocenters. The monoisotopic (exact) mass is 275 g/mol. The highest BCUT2D eigenvalue weighted by molar-refractivity contribution is 5.46. The van der Waals surface area contributed by atoms with Crippen LogP contribution in [0.5, 0.6) is 0 Å². The van der Waals surface area contributed by atoms with Gasteiger partial charge in [-0.3, -0.25) is 4.90 Å². The summed E-state index contributed by atoms with van der Waals surface area (Å²) in [5.74, 6) is 0. The van der Waals surface area contributed by atoms with E-state index in [0.29, 0.717) is 18.6 Å². The van der Waals surface area contributed by atoms with Gasteiger partial charge in [0.2, 0.25) is 0 Å². The Morgan fingerprint density at radius 2 is 1.65 bits per heavy atom. The van der Waals surface area contributed by atoms with Crippen molar-refractivity contribution in [2.24, 2.45) is 5.73 Å². The summed E-state index contributed by atoms with van der Waals surface area (Å²) in [6.07, 6.45) is 6.78. The molecule has 2 rings (SSSR count). The maximum atomic E-state index is 6.06. The van der Waals surface area contributed by atoms with Crippen molar-refractivity contribution in [3.63, 3.8) is 0 Å². The Morgan fingerprint density at radius 3 is 2.15 bits per heavy atom. The zero-order chi connectivity index (χ0) is 14.5. The molecule has 1 aromatic rings. The number of hydrogen-bond donors (Lipinski definition) is 1. The standard InChI is InChI=1S/C17H29N3/c1-19(2)15-11-9-14(10-12-15)17(13-18)20(3)16-7-5-4-6-8-16/h9-12,16-17H,4-8,13,18H2,1-3H3. The minimum absolute atomic E-state index is 0.342. The van der Waals surface area contributed by atoms with Crippen LogP contribution in [-0.2, 0) is 0 Å². The third-order valence-corrected chi connectivity index (χ3v) is 4.66. The molecule has 0 amide bonds. The molecule has 20 heavy (non-hydrogen) atoms. The molecule has 1 saturated carbocycles. The molecule has 112 valence electrons. The molecule has 1 aromatic carbocycles. The van der Waals surface area contributed by atoms with Gasteiger partial charge in [0, 0.05) is 38.4 Å². The molecule has 2 N–H and O–H groups in total. The first-order chi connectivity index (χ1) is 9.63. The van der Waals surface area contributed by atoms with Crippen LogP contribution in [0.1, 0.15) is 43.7 Å². The second-order valence-electron chi connectivity index (χ2n) is 6.19. The highest BCUT2D eigenvalue weighted by atomic mass is 15.2. The van der Waals surface area contributed by atoms with E-state index >= 15 is 0 Å². The van der Waals surface area contributed by atoms with E-state index in [1.54, 1.807) is 0 Å². The van der Waals surface area contributed by atoms with Gasteiger partial charge in [0.1, 0.15) is 0 Å². The van der Waals surface area contributed by atoms with Crippen LogP contribution < -0.4 is 10.6 Å². The summed E-state index contributed by atoms with van der Waals surface area (Å²) >= 11 is 0. The average molecular weight is 275 g/mol. The Hall–Kier alpha value is -1.06. The zero-order valence-corrected chi connectivity index (χ0v) is 13.2. The van der Waals surface area contributed by atoms with E-state index in [9.17, 15) is 0 Å². The topological polar surface area (TPSA) is 32.5 Å². The van der Waals surface area contributed by atoms with Crippen LogP contribution in [0.4, 0.5) is 5.69 Å². The lowest BCUT2D eigenvalue weighted by atomic mass is 9.92. The molecule has 0 bridgehead atoms. The summed E-state index contributed by atoms with van der Waals surface area (Å²) in [4.78, 5) is 4.63. The molecule has 3 nitrogen and oxygen atoms in total. The lowest BCUT2D eigenvalue weighted by Gasteiger charge is -2.37. The van der Waals surface area contributed by atoms with Crippen molar-refractivity contribution < 1.29 is 0 Å². The van der Waals surface area contributed by atoms with Crippen molar-refractivity contribution in [3.8, 4) is 0 Å². The number of hydrogen-bond acceptors (Lipinski definition) is 3. The molecule has 1 aliphatic carbocycles. The number of nitrogens with two attached hydrogens (primary N) is 1. The Balaban J connectivity index is 2.09. The van der Waals surface area contributed by atoms with E-state index in [1.807, 2.05) is 0 Å². The molecule has 0 aromatic heterocycles. The number of benzene rings is 1. The van der Waals surface area contributed by atoms with E-state index in [1.165, 1.54) is 43.4 Å². The molecule has 3 heteroatoms. The average Bonchev–Trinajstić information content (AvgIpc) is 2.49. The van der Waals surface area contributed by atoms with Gasteiger partial charge in [0.25, 0.3) is 0 Å². The molecule has 0 heterocycles. The first kappa shape index (κ1) is 15.3.